The number of carbonyl (C=O) groups is 2. The van der Waals surface area contributed by atoms with Crippen LogP contribution in [0.25, 0.3) is 0 Å². The molecule has 0 radical (unpaired) electrons. The number of hydrogen-bond acceptors (Lipinski definition) is 4. The van der Waals surface area contributed by atoms with E-state index in [-0.39, 0.29) is 25.3 Å². The number of nitrogens with two attached hydrogens (primary N) is 1. The van der Waals surface area contributed by atoms with E-state index in [2.05, 4.69) is 5.32 Å². The Morgan fingerprint density at radius 2 is 1.67 bits per heavy atom. The van der Waals surface area contributed by atoms with Crippen LogP contribution in [0.1, 0.15) is 5.56 Å². The minimum atomic E-state index is -0.835. The summed E-state index contributed by atoms with van der Waals surface area (Å²) in [7, 11) is 0. The predicted molar refractivity (Wildman–Crippen MR) is 59.6 cm³/mol. The van der Waals surface area contributed by atoms with Crippen LogP contribution in [0.3, 0.4) is 0 Å². The van der Waals surface area contributed by atoms with Crippen molar-refractivity contribution in [1.82, 2.24) is 5.32 Å². The minimum Gasteiger partial charge on any atom is -0.348 e. The lowest BCUT2D eigenvalue weighted by molar-refractivity contribution is -0.130. The zero-order valence-electron chi connectivity index (χ0n) is 9.37. The van der Waals surface area contributed by atoms with Gasteiger partial charge in [-0.05, 0) is 17.7 Å². The van der Waals surface area contributed by atoms with Crippen LogP contribution in [0.15, 0.2) is 12.1 Å². The van der Waals surface area contributed by atoms with Crippen molar-refractivity contribution < 1.29 is 18.4 Å². The fourth-order valence-electron chi connectivity index (χ4n) is 1.83. The maximum absolute atomic E-state index is 13.8. The third-order valence-electron chi connectivity index (χ3n) is 2.58. The lowest BCUT2D eigenvalue weighted by atomic mass is 10.1. The number of rotatable bonds is 2. The number of halogens is 2. The standard InChI is InChI=1S/C11H11F2N3O2/c12-7-1-6(3-14)2-8(13)11(7)16-4-9(17)15-10(18)5-16/h1-2H,3-5,14H2,(H,15,17,18). The van der Waals surface area contributed by atoms with E-state index in [1.807, 2.05) is 0 Å². The predicted octanol–water partition coefficient (Wildman–Crippen LogP) is -0.114. The number of anilines is 1. The van der Waals surface area contributed by atoms with Crippen LogP contribution in [0.2, 0.25) is 0 Å². The second kappa shape index (κ2) is 4.69. The molecule has 5 nitrogen and oxygen atoms in total. The Labute approximate surface area is 102 Å². The van der Waals surface area contributed by atoms with Crippen molar-refractivity contribution in [3.8, 4) is 0 Å². The fraction of sp³-hybridized carbons (Fsp3) is 0.273. The number of amides is 2. The van der Waals surface area contributed by atoms with Gasteiger partial charge in [-0.1, -0.05) is 0 Å². The highest BCUT2D eigenvalue weighted by Gasteiger charge is 2.27. The molecule has 96 valence electrons. The molecule has 1 saturated heterocycles. The van der Waals surface area contributed by atoms with Gasteiger partial charge in [0, 0.05) is 6.54 Å². The van der Waals surface area contributed by atoms with Gasteiger partial charge in [-0.25, -0.2) is 8.78 Å². The first-order chi connectivity index (χ1) is 8.51. The summed E-state index contributed by atoms with van der Waals surface area (Å²) < 4.78 is 27.5. The van der Waals surface area contributed by atoms with Gasteiger partial charge in [0.2, 0.25) is 11.8 Å². The first-order valence-corrected chi connectivity index (χ1v) is 5.27. The summed E-state index contributed by atoms with van der Waals surface area (Å²) in [4.78, 5) is 23.4. The number of piperazine rings is 1. The van der Waals surface area contributed by atoms with Crippen LogP contribution in [0.4, 0.5) is 14.5 Å². The number of nitrogens with zero attached hydrogens (tertiary/aromatic N) is 1. The van der Waals surface area contributed by atoms with E-state index in [0.29, 0.717) is 5.56 Å². The number of benzene rings is 1. The zero-order chi connectivity index (χ0) is 13.3. The Morgan fingerprint density at radius 1 is 1.17 bits per heavy atom. The topological polar surface area (TPSA) is 75.4 Å². The molecule has 1 aliphatic rings. The molecular weight excluding hydrogens is 244 g/mol. The Kier molecular flexibility index (Phi) is 3.24. The smallest absolute Gasteiger partial charge is 0.246 e. The monoisotopic (exact) mass is 255 g/mol. The van der Waals surface area contributed by atoms with Crippen LogP contribution in [0.5, 0.6) is 0 Å². The highest BCUT2D eigenvalue weighted by atomic mass is 19.1. The van der Waals surface area contributed by atoms with Crippen molar-refractivity contribution in [2.24, 2.45) is 5.73 Å². The lowest BCUT2D eigenvalue weighted by Gasteiger charge is -2.28. The van der Waals surface area contributed by atoms with E-state index >= 15 is 0 Å². The summed E-state index contributed by atoms with van der Waals surface area (Å²) in [5.41, 5.74) is 5.22. The van der Waals surface area contributed by atoms with Crippen LogP contribution in [-0.2, 0) is 16.1 Å². The largest absolute Gasteiger partial charge is 0.348 e. The highest BCUT2D eigenvalue weighted by molar-refractivity contribution is 6.02. The molecule has 1 aliphatic heterocycles. The van der Waals surface area contributed by atoms with Gasteiger partial charge in [0.15, 0.2) is 0 Å². The van der Waals surface area contributed by atoms with Crippen molar-refractivity contribution in [2.75, 3.05) is 18.0 Å². The van der Waals surface area contributed by atoms with Gasteiger partial charge in [-0.3, -0.25) is 14.9 Å². The van der Waals surface area contributed by atoms with Gasteiger partial charge >= 0.3 is 0 Å². The number of carbonyl (C=O) groups excluding carboxylic acids is 2. The Morgan fingerprint density at radius 3 is 2.11 bits per heavy atom. The van der Waals surface area contributed by atoms with Crippen LogP contribution in [0, 0.1) is 11.6 Å². The molecule has 1 aromatic rings. The highest BCUT2D eigenvalue weighted by Crippen LogP contribution is 2.25. The molecular formula is C11H11F2N3O2. The molecule has 3 N–H and O–H groups in total. The fourth-order valence-corrected chi connectivity index (χ4v) is 1.83. The van der Waals surface area contributed by atoms with E-state index in [4.69, 9.17) is 5.73 Å². The minimum absolute atomic E-state index is 0.00748. The van der Waals surface area contributed by atoms with Gasteiger partial charge in [0.1, 0.15) is 17.3 Å². The van der Waals surface area contributed by atoms with Crippen LogP contribution in [-0.4, -0.2) is 24.9 Å². The summed E-state index contributed by atoms with van der Waals surface area (Å²) >= 11 is 0. The maximum atomic E-state index is 13.8. The molecule has 1 heterocycles. The molecule has 0 aromatic heterocycles. The lowest BCUT2D eigenvalue weighted by Crippen LogP contribution is -2.52. The summed E-state index contributed by atoms with van der Waals surface area (Å²) in [6.07, 6.45) is 0. The molecule has 1 fully saturated rings. The SMILES string of the molecule is NCc1cc(F)c(N2CC(=O)NC(=O)C2)c(F)c1. The van der Waals surface area contributed by atoms with Gasteiger partial charge in [0.05, 0.1) is 13.1 Å². The molecule has 2 amide bonds. The summed E-state index contributed by atoms with van der Waals surface area (Å²) in [5, 5.41) is 2.06. The number of nitrogens with one attached hydrogen (secondary N) is 1. The van der Waals surface area contributed by atoms with Crippen molar-refractivity contribution in [2.45, 2.75) is 6.54 Å². The maximum Gasteiger partial charge on any atom is 0.246 e. The molecule has 0 spiro atoms. The molecule has 2 rings (SSSR count). The molecule has 0 atom stereocenters. The molecule has 0 aliphatic carbocycles. The third-order valence-corrected chi connectivity index (χ3v) is 2.58. The normalized spacial score (nSPS) is 15.8. The second-order valence-electron chi connectivity index (χ2n) is 3.94. The summed E-state index contributed by atoms with van der Waals surface area (Å²) in [6, 6.07) is 2.19. The van der Waals surface area contributed by atoms with Crippen LogP contribution >= 0.6 is 0 Å². The number of imide groups is 1. The van der Waals surface area contributed by atoms with Crippen LogP contribution < -0.4 is 16.0 Å². The van der Waals surface area contributed by atoms with E-state index < -0.39 is 23.4 Å². The third kappa shape index (κ3) is 2.30. The Bertz CT molecular complexity index is 480. The summed E-state index contributed by atoms with van der Waals surface area (Å²) in [5.74, 6) is -2.85. The van der Waals surface area contributed by atoms with Gasteiger partial charge in [-0.15, -0.1) is 0 Å². The first kappa shape index (κ1) is 12.4. The molecule has 0 saturated carbocycles. The van der Waals surface area contributed by atoms with E-state index in [9.17, 15) is 18.4 Å². The molecule has 1 aromatic carbocycles. The van der Waals surface area contributed by atoms with Gasteiger partial charge in [0.25, 0.3) is 0 Å². The quantitative estimate of drug-likeness (QED) is 0.723. The van der Waals surface area contributed by atoms with Gasteiger partial charge < -0.3 is 10.6 Å². The molecule has 0 unspecified atom stereocenters. The molecule has 18 heavy (non-hydrogen) atoms. The van der Waals surface area contributed by atoms with Crippen molar-refractivity contribution in [3.05, 3.63) is 29.3 Å². The first-order valence-electron chi connectivity index (χ1n) is 5.27. The average molecular weight is 255 g/mol. The number of hydrogen-bond donors (Lipinski definition) is 2. The Hall–Kier alpha value is -2.02. The van der Waals surface area contributed by atoms with E-state index in [1.165, 1.54) is 0 Å². The molecule has 0 bridgehead atoms. The van der Waals surface area contributed by atoms with Crippen molar-refractivity contribution >= 4 is 17.5 Å². The zero-order valence-corrected chi connectivity index (χ0v) is 9.37. The van der Waals surface area contributed by atoms with Gasteiger partial charge in [-0.2, -0.15) is 0 Å². The van der Waals surface area contributed by atoms with E-state index in [1.54, 1.807) is 0 Å². The van der Waals surface area contributed by atoms with E-state index in [0.717, 1.165) is 17.0 Å². The molecule has 7 heteroatoms. The second-order valence-corrected chi connectivity index (χ2v) is 3.94. The van der Waals surface area contributed by atoms with Crippen molar-refractivity contribution in [3.63, 3.8) is 0 Å². The van der Waals surface area contributed by atoms with Crippen molar-refractivity contribution in [1.29, 1.82) is 0 Å². The Balaban J connectivity index is 2.38. The average Bonchev–Trinajstić information content (AvgIpc) is 2.26. The summed E-state index contributed by atoms with van der Waals surface area (Å²) in [6.45, 7) is -0.517.